The monoisotopic (exact) mass is 311 g/mol. The zero-order valence-corrected chi connectivity index (χ0v) is 12.6. The topological polar surface area (TPSA) is 59.0 Å². The van der Waals surface area contributed by atoms with Crippen molar-refractivity contribution in [1.29, 1.82) is 0 Å². The normalized spacial score (nSPS) is 24.0. The molecule has 2 unspecified atom stereocenters. The van der Waals surface area contributed by atoms with Crippen molar-refractivity contribution in [3.05, 3.63) is 22.7 Å². The van der Waals surface area contributed by atoms with Crippen LogP contribution >= 0.6 is 11.6 Å². The van der Waals surface area contributed by atoms with Gasteiger partial charge in [0.05, 0.1) is 17.2 Å². The highest BCUT2D eigenvalue weighted by Gasteiger charge is 2.31. The average Bonchev–Trinajstić information content (AvgIpc) is 2.95. The van der Waals surface area contributed by atoms with Crippen molar-refractivity contribution in [3.63, 3.8) is 0 Å². The van der Waals surface area contributed by atoms with Gasteiger partial charge in [0.2, 0.25) is 6.79 Å². The van der Waals surface area contributed by atoms with Crippen molar-refractivity contribution in [2.24, 2.45) is 0 Å². The van der Waals surface area contributed by atoms with Gasteiger partial charge in [0, 0.05) is 12.6 Å². The second-order valence-corrected chi connectivity index (χ2v) is 5.93. The maximum absolute atomic E-state index is 12.6. The molecule has 1 saturated carbocycles. The number of fused-ring (bicyclic) bond motifs is 1. The van der Waals surface area contributed by atoms with Gasteiger partial charge in [-0.3, -0.25) is 4.79 Å². The molecule has 3 rings (SSSR count). The third kappa shape index (κ3) is 2.68. The molecule has 1 aliphatic heterocycles. The van der Waals surface area contributed by atoms with E-state index in [2.05, 4.69) is 0 Å². The Morgan fingerprint density at radius 3 is 2.86 bits per heavy atom. The maximum atomic E-state index is 12.6. The summed E-state index contributed by atoms with van der Waals surface area (Å²) in [5.41, 5.74) is 0.449. The van der Waals surface area contributed by atoms with Gasteiger partial charge in [-0.1, -0.05) is 24.4 Å². The standard InChI is InChI=1S/C15H18ClNO4/c1-17(11-4-2-3-5-12(11)18)15(19)9-6-10(16)14-13(7-9)20-8-21-14/h6-7,11-12,18H,2-5,8H2,1H3. The van der Waals surface area contributed by atoms with Gasteiger partial charge in [-0.15, -0.1) is 0 Å². The lowest BCUT2D eigenvalue weighted by Gasteiger charge is -2.35. The van der Waals surface area contributed by atoms with Crippen LogP contribution in [0, 0.1) is 0 Å². The van der Waals surface area contributed by atoms with Crippen molar-refractivity contribution in [2.45, 2.75) is 37.8 Å². The Morgan fingerprint density at radius 2 is 2.10 bits per heavy atom. The molecule has 0 radical (unpaired) electrons. The van der Waals surface area contributed by atoms with Gasteiger partial charge >= 0.3 is 0 Å². The third-order valence-electron chi connectivity index (χ3n) is 4.19. The lowest BCUT2D eigenvalue weighted by molar-refractivity contribution is 0.0268. The third-order valence-corrected chi connectivity index (χ3v) is 4.47. The fourth-order valence-electron chi connectivity index (χ4n) is 2.99. The molecule has 2 aliphatic rings. The summed E-state index contributed by atoms with van der Waals surface area (Å²) in [6.45, 7) is 0.115. The van der Waals surface area contributed by atoms with Gasteiger partial charge in [-0.05, 0) is 25.0 Å². The number of hydrogen-bond acceptors (Lipinski definition) is 4. The van der Waals surface area contributed by atoms with Gasteiger partial charge in [0.1, 0.15) is 0 Å². The Labute approximate surface area is 128 Å². The van der Waals surface area contributed by atoms with E-state index in [0.29, 0.717) is 22.1 Å². The van der Waals surface area contributed by atoms with Crippen molar-refractivity contribution in [1.82, 2.24) is 4.90 Å². The van der Waals surface area contributed by atoms with Crippen LogP contribution in [0.3, 0.4) is 0 Å². The van der Waals surface area contributed by atoms with Crippen LogP contribution in [-0.2, 0) is 0 Å². The molecular formula is C15H18ClNO4. The van der Waals surface area contributed by atoms with E-state index in [4.69, 9.17) is 21.1 Å². The minimum absolute atomic E-state index is 0.115. The number of rotatable bonds is 2. The summed E-state index contributed by atoms with van der Waals surface area (Å²) >= 11 is 6.11. The van der Waals surface area contributed by atoms with Crippen molar-refractivity contribution in [2.75, 3.05) is 13.8 Å². The Bertz CT molecular complexity index is 563. The zero-order chi connectivity index (χ0) is 15.0. The first-order chi connectivity index (χ1) is 10.1. The van der Waals surface area contributed by atoms with Gasteiger partial charge in [-0.25, -0.2) is 0 Å². The molecule has 1 amide bonds. The number of carbonyl (C=O) groups excluding carboxylic acids is 1. The molecule has 0 spiro atoms. The number of likely N-dealkylation sites (N-methyl/N-ethyl adjacent to an activating group) is 1. The number of nitrogens with zero attached hydrogens (tertiary/aromatic N) is 1. The minimum atomic E-state index is -0.461. The van der Waals surface area contributed by atoms with Gasteiger partial charge in [-0.2, -0.15) is 0 Å². The Kier molecular flexibility index (Phi) is 3.95. The van der Waals surface area contributed by atoms with E-state index in [1.807, 2.05) is 0 Å². The Morgan fingerprint density at radius 1 is 1.33 bits per heavy atom. The van der Waals surface area contributed by atoms with Crippen LogP contribution in [0.5, 0.6) is 11.5 Å². The van der Waals surface area contributed by atoms with E-state index >= 15 is 0 Å². The largest absolute Gasteiger partial charge is 0.454 e. The number of benzene rings is 1. The van der Waals surface area contributed by atoms with Gasteiger partial charge in [0.25, 0.3) is 5.91 Å². The molecule has 0 aromatic heterocycles. The molecule has 2 atom stereocenters. The summed E-state index contributed by atoms with van der Waals surface area (Å²) < 4.78 is 10.5. The summed E-state index contributed by atoms with van der Waals surface area (Å²) in [6.07, 6.45) is 3.14. The van der Waals surface area contributed by atoms with E-state index in [1.165, 1.54) is 0 Å². The number of aliphatic hydroxyl groups is 1. The van der Waals surface area contributed by atoms with E-state index in [-0.39, 0.29) is 18.7 Å². The summed E-state index contributed by atoms with van der Waals surface area (Å²) in [7, 11) is 1.72. The number of carbonyl (C=O) groups is 1. The second-order valence-electron chi connectivity index (χ2n) is 5.53. The van der Waals surface area contributed by atoms with E-state index in [9.17, 15) is 9.90 Å². The highest BCUT2D eigenvalue weighted by molar-refractivity contribution is 6.32. The summed E-state index contributed by atoms with van der Waals surface area (Å²) in [4.78, 5) is 14.2. The summed E-state index contributed by atoms with van der Waals surface area (Å²) in [5.74, 6) is 0.804. The summed E-state index contributed by atoms with van der Waals surface area (Å²) in [5, 5.41) is 10.4. The van der Waals surface area contributed by atoms with E-state index in [1.54, 1.807) is 24.1 Å². The minimum Gasteiger partial charge on any atom is -0.454 e. The fraction of sp³-hybridized carbons (Fsp3) is 0.533. The maximum Gasteiger partial charge on any atom is 0.254 e. The fourth-order valence-corrected chi connectivity index (χ4v) is 3.25. The van der Waals surface area contributed by atoms with Crippen molar-refractivity contribution in [3.8, 4) is 11.5 Å². The molecule has 1 aliphatic carbocycles. The van der Waals surface area contributed by atoms with Crippen molar-refractivity contribution >= 4 is 17.5 Å². The molecular weight excluding hydrogens is 294 g/mol. The number of halogens is 1. The first-order valence-electron chi connectivity index (χ1n) is 7.12. The molecule has 21 heavy (non-hydrogen) atoms. The van der Waals surface area contributed by atoms with Crippen LogP contribution in [0.15, 0.2) is 12.1 Å². The number of hydrogen-bond donors (Lipinski definition) is 1. The Balaban J connectivity index is 1.83. The zero-order valence-electron chi connectivity index (χ0n) is 11.8. The first-order valence-corrected chi connectivity index (χ1v) is 7.50. The van der Waals surface area contributed by atoms with Crippen LogP contribution in [-0.4, -0.2) is 41.9 Å². The molecule has 1 aromatic carbocycles. The lowest BCUT2D eigenvalue weighted by Crippen LogP contribution is -2.46. The van der Waals surface area contributed by atoms with Crippen LogP contribution in [0.25, 0.3) is 0 Å². The molecule has 114 valence electrons. The predicted molar refractivity (Wildman–Crippen MR) is 77.9 cm³/mol. The molecule has 1 fully saturated rings. The highest BCUT2D eigenvalue weighted by atomic mass is 35.5. The molecule has 0 saturated heterocycles. The van der Waals surface area contributed by atoms with Gasteiger partial charge < -0.3 is 19.5 Å². The SMILES string of the molecule is CN(C(=O)c1cc(Cl)c2c(c1)OCO2)C1CCCCC1O. The molecule has 6 heteroatoms. The van der Waals surface area contributed by atoms with Crippen LogP contribution in [0.2, 0.25) is 5.02 Å². The highest BCUT2D eigenvalue weighted by Crippen LogP contribution is 2.40. The first kappa shape index (κ1) is 14.5. The smallest absolute Gasteiger partial charge is 0.254 e. The number of amides is 1. The quantitative estimate of drug-likeness (QED) is 0.911. The molecule has 0 bridgehead atoms. The molecule has 1 heterocycles. The number of ether oxygens (including phenoxy) is 2. The van der Waals surface area contributed by atoms with E-state index < -0.39 is 6.10 Å². The predicted octanol–water partition coefficient (Wildman–Crippen LogP) is 2.44. The van der Waals surface area contributed by atoms with Crippen LogP contribution in [0.4, 0.5) is 0 Å². The average molecular weight is 312 g/mol. The number of aliphatic hydroxyl groups excluding tert-OH is 1. The Hall–Kier alpha value is -1.46. The molecule has 1 N–H and O–H groups in total. The van der Waals surface area contributed by atoms with E-state index in [0.717, 1.165) is 25.7 Å². The van der Waals surface area contributed by atoms with Crippen LogP contribution in [0.1, 0.15) is 36.0 Å². The second kappa shape index (κ2) is 5.73. The molecule has 5 nitrogen and oxygen atoms in total. The summed E-state index contributed by atoms with van der Waals surface area (Å²) in [6, 6.07) is 3.08. The van der Waals surface area contributed by atoms with Gasteiger partial charge in [0.15, 0.2) is 11.5 Å². The molecule has 1 aromatic rings. The van der Waals surface area contributed by atoms with Crippen LogP contribution < -0.4 is 9.47 Å². The lowest BCUT2D eigenvalue weighted by atomic mass is 9.91. The van der Waals surface area contributed by atoms with Crippen molar-refractivity contribution < 1.29 is 19.4 Å².